The van der Waals surface area contributed by atoms with E-state index in [9.17, 15) is 0 Å². The van der Waals surface area contributed by atoms with Crippen LogP contribution in [0.15, 0.2) is 12.4 Å². The second-order valence-electron chi connectivity index (χ2n) is 11.3. The highest BCUT2D eigenvalue weighted by atomic mass is 15.1. The minimum atomic E-state index is 0.608. The predicted molar refractivity (Wildman–Crippen MR) is 152 cm³/mol. The van der Waals surface area contributed by atoms with Crippen LogP contribution in [0.2, 0.25) is 0 Å². The molecule has 1 aromatic rings. The van der Waals surface area contributed by atoms with Crippen LogP contribution in [0.3, 0.4) is 0 Å². The molecule has 0 amide bonds. The minimum absolute atomic E-state index is 0.608. The summed E-state index contributed by atoms with van der Waals surface area (Å²) in [6, 6.07) is 0. The molecule has 0 spiro atoms. The maximum absolute atomic E-state index is 2.55. The van der Waals surface area contributed by atoms with E-state index in [0.717, 1.165) is 0 Å². The predicted octanol–water partition coefficient (Wildman–Crippen LogP) is 10.5. The Bertz CT molecular complexity index is 545. The number of aryl methyl sites for hydroxylation is 2. The lowest BCUT2D eigenvalue weighted by molar-refractivity contribution is -0.705. The van der Waals surface area contributed by atoms with Crippen LogP contribution < -0.4 is 4.57 Å². The second-order valence-corrected chi connectivity index (χ2v) is 11.3. The molecule has 2 nitrogen and oxygen atoms in total. The van der Waals surface area contributed by atoms with Gasteiger partial charge in [-0.2, -0.15) is 0 Å². The van der Waals surface area contributed by atoms with Gasteiger partial charge in [-0.25, -0.2) is 9.13 Å². The summed E-state index contributed by atoms with van der Waals surface area (Å²) in [5.41, 5.74) is 0. The number of imidazole rings is 1. The molecule has 0 aliphatic carbocycles. The van der Waals surface area contributed by atoms with Crippen LogP contribution in [-0.2, 0) is 13.1 Å². The highest BCUT2D eigenvalue weighted by Crippen LogP contribution is 2.15. The molecule has 34 heavy (non-hydrogen) atoms. The first-order chi connectivity index (χ1) is 16.7. The van der Waals surface area contributed by atoms with Gasteiger partial charge in [0.05, 0.1) is 19.0 Å². The molecule has 200 valence electrons. The van der Waals surface area contributed by atoms with Crippen LogP contribution in [0.4, 0.5) is 0 Å². The van der Waals surface area contributed by atoms with Gasteiger partial charge in [0.2, 0.25) is 0 Å². The van der Waals surface area contributed by atoms with Crippen molar-refractivity contribution in [2.45, 2.75) is 188 Å². The van der Waals surface area contributed by atoms with E-state index in [-0.39, 0.29) is 0 Å². The van der Waals surface area contributed by atoms with Crippen molar-refractivity contribution in [2.24, 2.45) is 0 Å². The fraction of sp³-hybridized carbons (Fsp3) is 0.906. The van der Waals surface area contributed by atoms with Gasteiger partial charge in [0, 0.05) is 0 Å². The Hall–Kier alpha value is -0.790. The van der Waals surface area contributed by atoms with Crippen molar-refractivity contribution in [3.63, 3.8) is 0 Å². The fourth-order valence-electron chi connectivity index (χ4n) is 5.41. The fourth-order valence-corrected chi connectivity index (χ4v) is 5.41. The molecule has 0 aliphatic heterocycles. The lowest BCUT2D eigenvalue weighted by Gasteiger charge is -2.08. The molecule has 0 saturated carbocycles. The van der Waals surface area contributed by atoms with Crippen molar-refractivity contribution >= 4 is 0 Å². The topological polar surface area (TPSA) is 8.81 Å². The van der Waals surface area contributed by atoms with Crippen LogP contribution in [0.25, 0.3) is 0 Å². The van der Waals surface area contributed by atoms with Gasteiger partial charge in [0.1, 0.15) is 12.4 Å². The van der Waals surface area contributed by atoms with Gasteiger partial charge < -0.3 is 0 Å². The second kappa shape index (κ2) is 22.7. The maximum atomic E-state index is 2.55. The molecule has 0 fully saturated rings. The summed E-state index contributed by atoms with van der Waals surface area (Å²) in [6.07, 6.45) is 36.0. The molecule has 0 unspecified atom stereocenters. The van der Waals surface area contributed by atoms with Crippen LogP contribution in [0.5, 0.6) is 0 Å². The quantitative estimate of drug-likeness (QED) is 0.0981. The van der Waals surface area contributed by atoms with Crippen LogP contribution >= 0.6 is 0 Å². The summed E-state index contributed by atoms with van der Waals surface area (Å²) in [7, 11) is 0. The third kappa shape index (κ3) is 16.0. The van der Waals surface area contributed by atoms with Gasteiger partial charge in [-0.05, 0) is 25.7 Å². The summed E-state index contributed by atoms with van der Waals surface area (Å²) in [6.45, 7) is 11.7. The molecule has 1 aromatic heterocycles. The summed E-state index contributed by atoms with van der Waals surface area (Å²) in [5.74, 6) is 2.14. The molecule has 1 rings (SSSR count). The monoisotopic (exact) mass is 475 g/mol. The van der Waals surface area contributed by atoms with Gasteiger partial charge in [0.25, 0.3) is 5.82 Å². The van der Waals surface area contributed by atoms with E-state index >= 15 is 0 Å². The van der Waals surface area contributed by atoms with E-state index in [0.29, 0.717) is 5.92 Å². The lowest BCUT2D eigenvalue weighted by Crippen LogP contribution is -2.38. The molecule has 0 aromatic carbocycles. The zero-order valence-electron chi connectivity index (χ0n) is 24.1. The van der Waals surface area contributed by atoms with Gasteiger partial charge >= 0.3 is 0 Å². The average Bonchev–Trinajstić information content (AvgIpc) is 3.24. The van der Waals surface area contributed by atoms with Crippen LogP contribution in [0, 0.1) is 0 Å². The van der Waals surface area contributed by atoms with Crippen molar-refractivity contribution in [2.75, 3.05) is 0 Å². The van der Waals surface area contributed by atoms with Crippen molar-refractivity contribution in [1.29, 1.82) is 0 Å². The molecule has 0 atom stereocenters. The summed E-state index contributed by atoms with van der Waals surface area (Å²) in [4.78, 5) is 0. The molecule has 0 radical (unpaired) electrons. The first-order valence-corrected chi connectivity index (χ1v) is 15.8. The van der Waals surface area contributed by atoms with Gasteiger partial charge in [-0.15, -0.1) is 0 Å². The summed E-state index contributed by atoms with van der Waals surface area (Å²) in [5, 5.41) is 0. The maximum Gasteiger partial charge on any atom is 0.258 e. The zero-order chi connectivity index (χ0) is 24.7. The highest BCUT2D eigenvalue weighted by molar-refractivity contribution is 4.89. The molecule has 2 heteroatoms. The number of aromatic nitrogens is 2. The smallest absolute Gasteiger partial charge is 0.234 e. The van der Waals surface area contributed by atoms with Gasteiger partial charge in [-0.1, -0.05) is 143 Å². The van der Waals surface area contributed by atoms with E-state index in [2.05, 4.69) is 49.2 Å². The first-order valence-electron chi connectivity index (χ1n) is 15.8. The van der Waals surface area contributed by atoms with Crippen molar-refractivity contribution < 1.29 is 4.57 Å². The SMILES string of the molecule is CCCCCCCCCCCCCCCCCC[n+]1ccn(CCCCCCCC)c1C(C)C. The Morgan fingerprint density at radius 3 is 1.35 bits per heavy atom. The van der Waals surface area contributed by atoms with E-state index in [1.54, 1.807) is 0 Å². The third-order valence-corrected chi connectivity index (χ3v) is 7.54. The molecule has 0 aliphatic rings. The lowest BCUT2D eigenvalue weighted by atomic mass is 10.0. The molecule has 0 bridgehead atoms. The van der Waals surface area contributed by atoms with E-state index < -0.39 is 0 Å². The van der Waals surface area contributed by atoms with Gasteiger partial charge in [0.15, 0.2) is 0 Å². The normalized spacial score (nSPS) is 11.7. The Morgan fingerprint density at radius 1 is 0.559 bits per heavy atom. The number of nitrogens with zero attached hydrogens (tertiary/aromatic N) is 2. The standard InChI is InChI=1S/C32H63N2/c1-5-7-9-11-13-14-15-16-17-18-19-20-21-22-24-26-28-34-30-29-33(32(34)31(3)4)27-25-23-12-10-8-6-2/h29-31H,5-28H2,1-4H3/q+1. The molecular formula is C32H63N2+. The van der Waals surface area contributed by atoms with Crippen LogP contribution in [-0.4, -0.2) is 4.57 Å². The summed E-state index contributed by atoms with van der Waals surface area (Å²) >= 11 is 0. The largest absolute Gasteiger partial charge is 0.258 e. The molecule has 1 heterocycles. The first kappa shape index (κ1) is 31.2. The highest BCUT2D eigenvalue weighted by Gasteiger charge is 2.19. The zero-order valence-corrected chi connectivity index (χ0v) is 24.1. The van der Waals surface area contributed by atoms with E-state index in [1.165, 1.54) is 160 Å². The molecule has 0 N–H and O–H groups in total. The Morgan fingerprint density at radius 2 is 0.941 bits per heavy atom. The summed E-state index contributed by atoms with van der Waals surface area (Å²) < 4.78 is 5.09. The Balaban J connectivity index is 2.02. The van der Waals surface area contributed by atoms with Gasteiger partial charge in [-0.3, -0.25) is 0 Å². The number of hydrogen-bond acceptors (Lipinski definition) is 0. The van der Waals surface area contributed by atoms with Crippen molar-refractivity contribution in [3.05, 3.63) is 18.2 Å². The van der Waals surface area contributed by atoms with E-state index in [4.69, 9.17) is 0 Å². The Kier molecular flexibility index (Phi) is 20.8. The Labute approximate surface area is 215 Å². The molecular weight excluding hydrogens is 412 g/mol. The van der Waals surface area contributed by atoms with Crippen molar-refractivity contribution in [1.82, 2.24) is 4.57 Å². The number of unbranched alkanes of at least 4 members (excludes halogenated alkanes) is 20. The van der Waals surface area contributed by atoms with Crippen molar-refractivity contribution in [3.8, 4) is 0 Å². The third-order valence-electron chi connectivity index (χ3n) is 7.54. The number of hydrogen-bond donors (Lipinski definition) is 0. The minimum Gasteiger partial charge on any atom is -0.234 e. The number of rotatable bonds is 25. The average molecular weight is 476 g/mol. The van der Waals surface area contributed by atoms with Crippen LogP contribution in [0.1, 0.15) is 181 Å². The van der Waals surface area contributed by atoms with E-state index in [1.807, 2.05) is 0 Å². The molecule has 0 saturated heterocycles.